The van der Waals surface area contributed by atoms with Crippen LogP contribution in [0.2, 0.25) is 0 Å². The number of nitrogens with zero attached hydrogens (tertiary/aromatic N) is 3. The summed E-state index contributed by atoms with van der Waals surface area (Å²) in [4.78, 5) is 11.7. The minimum Gasteiger partial charge on any atom is -0.464 e. The second-order valence-corrected chi connectivity index (χ2v) is 5.23. The van der Waals surface area contributed by atoms with Crippen LogP contribution >= 0.6 is 15.9 Å². The third-order valence-electron chi connectivity index (χ3n) is 2.98. The second kappa shape index (κ2) is 6.65. The highest BCUT2D eigenvalue weighted by molar-refractivity contribution is 9.10. The van der Waals surface area contributed by atoms with E-state index in [1.807, 2.05) is 24.3 Å². The summed E-state index contributed by atoms with van der Waals surface area (Å²) in [5.74, 6) is -0.438. The Hall–Kier alpha value is -1.69. The Morgan fingerprint density at radius 1 is 1.40 bits per heavy atom. The molecule has 0 fully saturated rings. The highest BCUT2D eigenvalue weighted by Crippen LogP contribution is 2.19. The minimum absolute atomic E-state index is 0.307. The second-order valence-electron chi connectivity index (χ2n) is 4.38. The van der Waals surface area contributed by atoms with Crippen molar-refractivity contribution in [2.45, 2.75) is 26.3 Å². The number of esters is 1. The van der Waals surface area contributed by atoms with E-state index >= 15 is 0 Å². The molecule has 1 heterocycles. The number of rotatable bonds is 5. The van der Waals surface area contributed by atoms with Crippen LogP contribution in [0.5, 0.6) is 0 Å². The van der Waals surface area contributed by atoms with Gasteiger partial charge < -0.3 is 4.74 Å². The standard InChI is InChI=1S/C14H16BrN3O2/c1-3-6-12-13(14(19)20-2)16-17-18(12)9-10-7-4-5-8-11(10)15/h4-5,7-8H,3,6,9H2,1-2H3. The van der Waals surface area contributed by atoms with Crippen LogP contribution in [0.15, 0.2) is 28.7 Å². The van der Waals surface area contributed by atoms with E-state index in [0.717, 1.165) is 28.6 Å². The van der Waals surface area contributed by atoms with E-state index < -0.39 is 5.97 Å². The molecule has 0 radical (unpaired) electrons. The lowest BCUT2D eigenvalue weighted by Crippen LogP contribution is -2.10. The van der Waals surface area contributed by atoms with Gasteiger partial charge in [0.15, 0.2) is 5.69 Å². The maximum absolute atomic E-state index is 11.7. The van der Waals surface area contributed by atoms with Crippen LogP contribution in [0.4, 0.5) is 0 Å². The average Bonchev–Trinajstić information content (AvgIpc) is 2.84. The summed E-state index contributed by atoms with van der Waals surface area (Å²) in [7, 11) is 1.35. The summed E-state index contributed by atoms with van der Waals surface area (Å²) >= 11 is 3.51. The van der Waals surface area contributed by atoms with E-state index in [9.17, 15) is 4.79 Å². The number of hydrogen-bond acceptors (Lipinski definition) is 4. The van der Waals surface area contributed by atoms with E-state index in [4.69, 9.17) is 4.74 Å². The normalized spacial score (nSPS) is 10.6. The molecule has 0 saturated heterocycles. The van der Waals surface area contributed by atoms with Crippen molar-refractivity contribution in [3.05, 3.63) is 45.7 Å². The Morgan fingerprint density at radius 2 is 2.15 bits per heavy atom. The summed E-state index contributed by atoms with van der Waals surface area (Å²) < 4.78 is 7.52. The molecular formula is C14H16BrN3O2. The van der Waals surface area contributed by atoms with Crippen molar-refractivity contribution in [3.8, 4) is 0 Å². The number of hydrogen-bond donors (Lipinski definition) is 0. The zero-order valence-electron chi connectivity index (χ0n) is 11.5. The molecule has 0 aliphatic heterocycles. The van der Waals surface area contributed by atoms with Crippen LogP contribution in [0, 0.1) is 0 Å². The first-order chi connectivity index (χ1) is 9.67. The minimum atomic E-state index is -0.438. The molecule has 1 aromatic heterocycles. The SMILES string of the molecule is CCCc1c(C(=O)OC)nnn1Cc1ccccc1Br. The van der Waals surface area contributed by atoms with Crippen molar-refractivity contribution in [3.63, 3.8) is 0 Å². The zero-order chi connectivity index (χ0) is 14.5. The summed E-state index contributed by atoms with van der Waals surface area (Å²) in [6.07, 6.45) is 1.65. The van der Waals surface area contributed by atoms with Crippen molar-refractivity contribution in [1.82, 2.24) is 15.0 Å². The van der Waals surface area contributed by atoms with E-state index in [0.29, 0.717) is 12.2 Å². The number of carbonyl (C=O) groups excluding carboxylic acids is 1. The Labute approximate surface area is 126 Å². The molecule has 5 nitrogen and oxygen atoms in total. The fourth-order valence-electron chi connectivity index (χ4n) is 1.99. The number of halogens is 1. The predicted octanol–water partition coefficient (Wildman–Crippen LogP) is 2.83. The van der Waals surface area contributed by atoms with Crippen LogP contribution in [0.25, 0.3) is 0 Å². The summed E-state index contributed by atoms with van der Waals surface area (Å²) in [6, 6.07) is 7.92. The quantitative estimate of drug-likeness (QED) is 0.787. The highest BCUT2D eigenvalue weighted by Gasteiger charge is 2.19. The van der Waals surface area contributed by atoms with Crippen molar-refractivity contribution >= 4 is 21.9 Å². The Bertz CT molecular complexity index is 610. The maximum atomic E-state index is 11.7. The van der Waals surface area contributed by atoms with E-state index in [-0.39, 0.29) is 0 Å². The molecule has 0 N–H and O–H groups in total. The molecule has 106 valence electrons. The van der Waals surface area contributed by atoms with E-state index in [1.165, 1.54) is 7.11 Å². The molecule has 0 spiro atoms. The smallest absolute Gasteiger partial charge is 0.360 e. The molecule has 0 atom stereocenters. The van der Waals surface area contributed by atoms with Gasteiger partial charge >= 0.3 is 5.97 Å². The van der Waals surface area contributed by atoms with E-state index in [2.05, 4.69) is 33.2 Å². The van der Waals surface area contributed by atoms with Gasteiger partial charge in [0.1, 0.15) is 0 Å². The zero-order valence-corrected chi connectivity index (χ0v) is 13.1. The van der Waals surface area contributed by atoms with Gasteiger partial charge in [0.2, 0.25) is 0 Å². The van der Waals surface area contributed by atoms with Crippen LogP contribution in [-0.4, -0.2) is 28.1 Å². The molecule has 0 aliphatic carbocycles. The van der Waals surface area contributed by atoms with Gasteiger partial charge in [-0.3, -0.25) is 0 Å². The van der Waals surface area contributed by atoms with Crippen LogP contribution < -0.4 is 0 Å². The van der Waals surface area contributed by atoms with Gasteiger partial charge in [0, 0.05) is 4.47 Å². The molecule has 0 unspecified atom stereocenters. The largest absolute Gasteiger partial charge is 0.464 e. The first kappa shape index (κ1) is 14.7. The van der Waals surface area contributed by atoms with Crippen molar-refractivity contribution in [2.75, 3.05) is 7.11 Å². The summed E-state index contributed by atoms with van der Waals surface area (Å²) in [5.41, 5.74) is 2.21. The Balaban J connectivity index is 2.34. The topological polar surface area (TPSA) is 57.0 Å². The number of ether oxygens (including phenoxy) is 1. The van der Waals surface area contributed by atoms with Gasteiger partial charge in [0.25, 0.3) is 0 Å². The molecule has 20 heavy (non-hydrogen) atoms. The van der Waals surface area contributed by atoms with Gasteiger partial charge in [0.05, 0.1) is 19.3 Å². The van der Waals surface area contributed by atoms with Crippen LogP contribution in [0.1, 0.15) is 35.1 Å². The summed E-state index contributed by atoms with van der Waals surface area (Å²) in [5, 5.41) is 8.04. The monoisotopic (exact) mass is 337 g/mol. The average molecular weight is 338 g/mol. The lowest BCUT2D eigenvalue weighted by atomic mass is 10.2. The maximum Gasteiger partial charge on any atom is 0.360 e. The number of aromatic nitrogens is 3. The summed E-state index contributed by atoms with van der Waals surface area (Å²) in [6.45, 7) is 2.62. The van der Waals surface area contributed by atoms with Crippen LogP contribution in [0.3, 0.4) is 0 Å². The van der Waals surface area contributed by atoms with E-state index in [1.54, 1.807) is 4.68 Å². The molecule has 0 aliphatic rings. The lowest BCUT2D eigenvalue weighted by molar-refractivity contribution is 0.0592. The van der Waals surface area contributed by atoms with Gasteiger partial charge in [-0.25, -0.2) is 9.48 Å². The number of carbonyl (C=O) groups is 1. The van der Waals surface area contributed by atoms with Gasteiger partial charge in [-0.15, -0.1) is 5.10 Å². The highest BCUT2D eigenvalue weighted by atomic mass is 79.9. The van der Waals surface area contributed by atoms with Crippen molar-refractivity contribution in [1.29, 1.82) is 0 Å². The molecule has 2 rings (SSSR count). The predicted molar refractivity (Wildman–Crippen MR) is 78.6 cm³/mol. The van der Waals surface area contributed by atoms with Gasteiger partial charge in [-0.1, -0.05) is 52.7 Å². The number of methoxy groups -OCH3 is 1. The van der Waals surface area contributed by atoms with Crippen molar-refractivity contribution < 1.29 is 9.53 Å². The fourth-order valence-corrected chi connectivity index (χ4v) is 2.40. The molecule has 6 heteroatoms. The first-order valence-electron chi connectivity index (χ1n) is 6.41. The third kappa shape index (κ3) is 3.07. The van der Waals surface area contributed by atoms with Gasteiger partial charge in [-0.05, 0) is 18.1 Å². The molecule has 1 aromatic carbocycles. The Kier molecular flexibility index (Phi) is 4.89. The third-order valence-corrected chi connectivity index (χ3v) is 3.75. The van der Waals surface area contributed by atoms with Crippen LogP contribution in [-0.2, 0) is 17.7 Å². The van der Waals surface area contributed by atoms with Crippen molar-refractivity contribution in [2.24, 2.45) is 0 Å². The Morgan fingerprint density at radius 3 is 2.80 bits per heavy atom. The molecular weight excluding hydrogens is 322 g/mol. The molecule has 0 saturated carbocycles. The molecule has 2 aromatic rings. The molecule has 0 amide bonds. The lowest BCUT2D eigenvalue weighted by Gasteiger charge is -2.08. The molecule has 0 bridgehead atoms. The fraction of sp³-hybridized carbons (Fsp3) is 0.357. The first-order valence-corrected chi connectivity index (χ1v) is 7.20. The van der Waals surface area contributed by atoms with Gasteiger partial charge in [-0.2, -0.15) is 0 Å². The number of benzene rings is 1.